The van der Waals surface area contributed by atoms with Gasteiger partial charge in [0.05, 0.1) is 11.6 Å². The Morgan fingerprint density at radius 3 is 2.76 bits per heavy atom. The van der Waals surface area contributed by atoms with Crippen molar-refractivity contribution >= 4 is 14.5 Å². The summed E-state index contributed by atoms with van der Waals surface area (Å²) in [6.45, 7) is 9.97. The van der Waals surface area contributed by atoms with Crippen LogP contribution in [0.4, 0.5) is 0 Å². The van der Waals surface area contributed by atoms with E-state index >= 15 is 0 Å². The highest BCUT2D eigenvalue weighted by atomic mass is 28.4. The molecule has 3 nitrogen and oxygen atoms in total. The molecule has 1 aromatic carbocycles. The lowest BCUT2D eigenvalue weighted by atomic mass is 10.1. The maximum atomic E-state index is 8.76. The Kier molecular flexibility index (Phi) is 4.24. The molecule has 0 bridgehead atoms. The van der Waals surface area contributed by atoms with Gasteiger partial charge in [-0.2, -0.15) is 5.26 Å². The van der Waals surface area contributed by atoms with E-state index in [4.69, 9.17) is 9.69 Å². The molecule has 88 valence electrons. The molecule has 0 atom stereocenters. The van der Waals surface area contributed by atoms with Crippen LogP contribution >= 0.6 is 0 Å². The van der Waals surface area contributed by atoms with E-state index in [1.807, 2.05) is 12.1 Å². The molecular formula is C13H16N2OSi. The van der Waals surface area contributed by atoms with Crippen molar-refractivity contribution in [2.24, 2.45) is 4.99 Å². The Morgan fingerprint density at radius 2 is 2.18 bits per heavy atom. The van der Waals surface area contributed by atoms with Gasteiger partial charge in [-0.05, 0) is 43.9 Å². The largest absolute Gasteiger partial charge is 0.532 e. The summed E-state index contributed by atoms with van der Waals surface area (Å²) in [5.74, 6) is 0.423. The summed E-state index contributed by atoms with van der Waals surface area (Å²) in [6.07, 6.45) is 1.66. The summed E-state index contributed by atoms with van der Waals surface area (Å²) >= 11 is 0. The van der Waals surface area contributed by atoms with Crippen molar-refractivity contribution < 1.29 is 4.43 Å². The molecule has 0 aliphatic carbocycles. The summed E-state index contributed by atoms with van der Waals surface area (Å²) in [4.78, 5) is 4.14. The average Bonchev–Trinajstić information content (AvgIpc) is 2.24. The number of nitrogens with zero attached hydrogens (tertiary/aromatic N) is 2. The van der Waals surface area contributed by atoms with Crippen molar-refractivity contribution in [2.75, 3.05) is 0 Å². The van der Waals surface area contributed by atoms with E-state index in [9.17, 15) is 0 Å². The molecule has 0 N–H and O–H groups in total. The first-order valence-corrected chi connectivity index (χ1v) is 8.74. The van der Waals surface area contributed by atoms with Gasteiger partial charge in [0.25, 0.3) is 0 Å². The minimum Gasteiger partial charge on any atom is -0.532 e. The van der Waals surface area contributed by atoms with Gasteiger partial charge in [-0.1, -0.05) is 12.1 Å². The van der Waals surface area contributed by atoms with Gasteiger partial charge in [-0.25, -0.2) is 4.99 Å². The minimum absolute atomic E-state index is 0.423. The maximum Gasteiger partial charge on any atom is 0.244 e. The molecule has 0 aromatic heterocycles. The second kappa shape index (κ2) is 5.46. The van der Waals surface area contributed by atoms with Crippen molar-refractivity contribution in [2.45, 2.75) is 19.6 Å². The topological polar surface area (TPSA) is 45.4 Å². The number of hydrogen-bond donors (Lipinski definition) is 0. The van der Waals surface area contributed by atoms with Crippen molar-refractivity contribution in [3.63, 3.8) is 0 Å². The van der Waals surface area contributed by atoms with Gasteiger partial charge in [0, 0.05) is 6.21 Å². The van der Waals surface area contributed by atoms with Crippen molar-refractivity contribution in [1.82, 2.24) is 0 Å². The monoisotopic (exact) mass is 244 g/mol. The quantitative estimate of drug-likeness (QED) is 0.463. The Balaban J connectivity index is 2.71. The van der Waals surface area contributed by atoms with Crippen LogP contribution in [0.2, 0.25) is 19.6 Å². The number of benzene rings is 1. The number of rotatable bonds is 4. The fraction of sp³-hybridized carbons (Fsp3) is 0.231. The minimum atomic E-state index is -1.64. The molecule has 0 saturated carbocycles. The Hall–Kier alpha value is -1.86. The van der Waals surface area contributed by atoms with Gasteiger partial charge in [-0.15, -0.1) is 0 Å². The first-order valence-electron chi connectivity index (χ1n) is 5.33. The van der Waals surface area contributed by atoms with Crippen LogP contribution in [0.5, 0.6) is 0 Å². The zero-order valence-electron chi connectivity index (χ0n) is 10.4. The van der Waals surface area contributed by atoms with E-state index in [2.05, 4.69) is 37.3 Å². The summed E-state index contributed by atoms with van der Waals surface area (Å²) in [5, 5.41) is 8.76. The molecule has 0 saturated heterocycles. The third-order valence-electron chi connectivity index (χ3n) is 1.80. The lowest BCUT2D eigenvalue weighted by Crippen LogP contribution is -2.24. The van der Waals surface area contributed by atoms with Crippen LogP contribution in [0.25, 0.3) is 0 Å². The Bertz CT molecular complexity index is 481. The SMILES string of the molecule is C=C(N=Cc1cccc(C#N)c1)O[Si](C)(C)C. The van der Waals surface area contributed by atoms with Gasteiger partial charge in [0.1, 0.15) is 0 Å². The third kappa shape index (κ3) is 5.14. The molecule has 4 heteroatoms. The molecule has 0 heterocycles. The Morgan fingerprint density at radius 1 is 1.47 bits per heavy atom. The highest BCUT2D eigenvalue weighted by Gasteiger charge is 2.16. The number of nitriles is 1. The van der Waals surface area contributed by atoms with Crippen molar-refractivity contribution in [1.29, 1.82) is 5.26 Å². The highest BCUT2D eigenvalue weighted by Crippen LogP contribution is 2.10. The molecule has 17 heavy (non-hydrogen) atoms. The van der Waals surface area contributed by atoms with E-state index in [0.717, 1.165) is 5.56 Å². The van der Waals surface area contributed by atoms with E-state index in [0.29, 0.717) is 11.4 Å². The lowest BCUT2D eigenvalue weighted by molar-refractivity contribution is 0.421. The lowest BCUT2D eigenvalue weighted by Gasteiger charge is -2.17. The van der Waals surface area contributed by atoms with E-state index in [1.165, 1.54) is 0 Å². The van der Waals surface area contributed by atoms with Gasteiger partial charge >= 0.3 is 0 Å². The first-order chi connectivity index (χ1) is 7.90. The van der Waals surface area contributed by atoms with Crippen LogP contribution < -0.4 is 0 Å². The molecule has 0 spiro atoms. The fourth-order valence-corrected chi connectivity index (χ4v) is 1.97. The van der Waals surface area contributed by atoms with Crippen LogP contribution in [0.1, 0.15) is 11.1 Å². The van der Waals surface area contributed by atoms with Crippen LogP contribution in [-0.4, -0.2) is 14.5 Å². The molecule has 0 aliphatic rings. The summed E-state index contributed by atoms with van der Waals surface area (Å²) in [6, 6.07) is 9.31. The molecule has 0 radical (unpaired) electrons. The van der Waals surface area contributed by atoms with Crippen molar-refractivity contribution in [3.8, 4) is 6.07 Å². The second-order valence-electron chi connectivity index (χ2n) is 4.60. The Labute approximate surface area is 103 Å². The predicted molar refractivity (Wildman–Crippen MR) is 72.3 cm³/mol. The van der Waals surface area contributed by atoms with E-state index < -0.39 is 8.32 Å². The first kappa shape index (κ1) is 13.2. The van der Waals surface area contributed by atoms with E-state index in [1.54, 1.807) is 18.3 Å². The molecular weight excluding hydrogens is 228 g/mol. The molecule has 0 fully saturated rings. The molecule has 0 amide bonds. The normalized spacial score (nSPS) is 11.2. The third-order valence-corrected chi connectivity index (χ3v) is 2.65. The number of aliphatic imine (C=N–C) groups is 1. The highest BCUT2D eigenvalue weighted by molar-refractivity contribution is 6.70. The van der Waals surface area contributed by atoms with Crippen LogP contribution in [0, 0.1) is 11.3 Å². The summed E-state index contributed by atoms with van der Waals surface area (Å²) < 4.78 is 5.60. The molecule has 0 unspecified atom stereocenters. The van der Waals surface area contributed by atoms with E-state index in [-0.39, 0.29) is 0 Å². The predicted octanol–water partition coefficient (Wildman–Crippen LogP) is 3.30. The van der Waals surface area contributed by atoms with Gasteiger partial charge in [-0.3, -0.25) is 0 Å². The van der Waals surface area contributed by atoms with Crippen molar-refractivity contribution in [3.05, 3.63) is 47.9 Å². The molecule has 0 aliphatic heterocycles. The smallest absolute Gasteiger partial charge is 0.244 e. The van der Waals surface area contributed by atoms with Crippen LogP contribution in [0.15, 0.2) is 41.7 Å². The van der Waals surface area contributed by atoms with Crippen LogP contribution in [0.3, 0.4) is 0 Å². The fourth-order valence-electron chi connectivity index (χ4n) is 1.21. The standard InChI is InChI=1S/C13H16N2OSi/c1-11(16-17(2,3)4)15-10-13-7-5-6-12(8-13)9-14/h5-8,10H,1H2,2-4H3. The summed E-state index contributed by atoms with van der Waals surface area (Å²) in [5.41, 5.74) is 1.48. The molecule has 1 aromatic rings. The molecule has 1 rings (SSSR count). The second-order valence-corrected chi connectivity index (χ2v) is 9.03. The number of hydrogen-bond acceptors (Lipinski definition) is 3. The summed E-state index contributed by atoms with van der Waals surface area (Å²) in [7, 11) is -1.64. The zero-order chi connectivity index (χ0) is 12.9. The van der Waals surface area contributed by atoms with Gasteiger partial charge < -0.3 is 4.43 Å². The van der Waals surface area contributed by atoms with Gasteiger partial charge in [0.15, 0.2) is 5.88 Å². The zero-order valence-corrected chi connectivity index (χ0v) is 11.4. The maximum absolute atomic E-state index is 8.76. The van der Waals surface area contributed by atoms with Crippen LogP contribution in [-0.2, 0) is 4.43 Å². The van der Waals surface area contributed by atoms with Gasteiger partial charge in [0.2, 0.25) is 8.32 Å². The average molecular weight is 244 g/mol.